The molecule has 2 heterocycles. The van der Waals surface area contributed by atoms with Crippen LogP contribution < -0.4 is 0 Å². The number of alkyl halides is 1. The van der Waals surface area contributed by atoms with E-state index in [0.29, 0.717) is 0 Å². The highest BCUT2D eigenvalue weighted by Gasteiger charge is 2.39. The lowest BCUT2D eigenvalue weighted by Crippen LogP contribution is -2.29. The molecular formula is C22H18FN3. The Labute approximate surface area is 150 Å². The minimum Gasteiger partial charge on any atom is -0.346 e. The Morgan fingerprint density at radius 2 is 1.77 bits per heavy atom. The van der Waals surface area contributed by atoms with Crippen LogP contribution in [0.2, 0.25) is 0 Å². The van der Waals surface area contributed by atoms with E-state index >= 15 is 0 Å². The number of fused-ring (bicyclic) bond motifs is 2. The Bertz CT molecular complexity index is 1070. The van der Waals surface area contributed by atoms with Crippen molar-refractivity contribution in [3.8, 4) is 11.3 Å². The SMILES string of the molecule is FCC1(c2cccc(-c3ncnc4[nH]ccc34)c2)Cc2ccccc2C1. The molecule has 0 spiro atoms. The highest BCUT2D eigenvalue weighted by Crippen LogP contribution is 2.41. The smallest absolute Gasteiger partial charge is 0.141 e. The normalized spacial score (nSPS) is 15.3. The molecule has 0 bridgehead atoms. The predicted molar refractivity (Wildman–Crippen MR) is 101 cm³/mol. The Morgan fingerprint density at radius 3 is 2.54 bits per heavy atom. The maximum atomic E-state index is 14.3. The van der Waals surface area contributed by atoms with E-state index in [9.17, 15) is 4.39 Å². The third kappa shape index (κ3) is 2.25. The van der Waals surface area contributed by atoms with Crippen molar-refractivity contribution in [3.05, 3.63) is 83.8 Å². The van der Waals surface area contributed by atoms with Crippen molar-refractivity contribution in [3.63, 3.8) is 0 Å². The first-order valence-corrected chi connectivity index (χ1v) is 8.81. The second-order valence-corrected chi connectivity index (χ2v) is 7.08. The zero-order valence-corrected chi connectivity index (χ0v) is 14.2. The van der Waals surface area contributed by atoms with E-state index in [4.69, 9.17) is 0 Å². The van der Waals surface area contributed by atoms with Crippen LogP contribution in [0.15, 0.2) is 67.1 Å². The van der Waals surface area contributed by atoms with E-state index in [-0.39, 0.29) is 6.67 Å². The molecule has 1 N–H and O–H groups in total. The average molecular weight is 343 g/mol. The van der Waals surface area contributed by atoms with Gasteiger partial charge >= 0.3 is 0 Å². The van der Waals surface area contributed by atoms with Crippen LogP contribution in [-0.4, -0.2) is 21.6 Å². The second-order valence-electron chi connectivity index (χ2n) is 7.08. The molecule has 0 saturated heterocycles. The van der Waals surface area contributed by atoms with Gasteiger partial charge in [-0.1, -0.05) is 42.5 Å². The molecule has 0 unspecified atom stereocenters. The largest absolute Gasteiger partial charge is 0.346 e. The summed E-state index contributed by atoms with van der Waals surface area (Å²) < 4.78 is 14.3. The molecule has 0 amide bonds. The highest BCUT2D eigenvalue weighted by atomic mass is 19.1. The predicted octanol–water partition coefficient (Wildman–Crippen LogP) is 4.63. The van der Waals surface area contributed by atoms with Gasteiger partial charge in [0.2, 0.25) is 0 Å². The van der Waals surface area contributed by atoms with Crippen molar-refractivity contribution in [2.75, 3.05) is 6.67 Å². The molecule has 0 aliphatic heterocycles. The number of H-pyrrole nitrogens is 1. The zero-order valence-electron chi connectivity index (χ0n) is 14.2. The fourth-order valence-electron chi connectivity index (χ4n) is 4.17. The highest BCUT2D eigenvalue weighted by molar-refractivity contribution is 5.90. The number of aromatic amines is 1. The summed E-state index contributed by atoms with van der Waals surface area (Å²) in [4.78, 5) is 11.9. The third-order valence-electron chi connectivity index (χ3n) is 5.53. The van der Waals surface area contributed by atoms with Gasteiger partial charge in [-0.3, -0.25) is 4.39 Å². The van der Waals surface area contributed by atoms with Crippen molar-refractivity contribution in [1.82, 2.24) is 15.0 Å². The first-order valence-electron chi connectivity index (χ1n) is 8.81. The molecule has 5 rings (SSSR count). The van der Waals surface area contributed by atoms with Crippen LogP contribution in [-0.2, 0) is 18.3 Å². The van der Waals surface area contributed by atoms with Crippen molar-refractivity contribution >= 4 is 11.0 Å². The average Bonchev–Trinajstić information content (AvgIpc) is 3.32. The number of rotatable bonds is 3. The van der Waals surface area contributed by atoms with Gasteiger partial charge in [-0.05, 0) is 41.7 Å². The van der Waals surface area contributed by atoms with Gasteiger partial charge in [0.15, 0.2) is 0 Å². The Hall–Kier alpha value is -3.01. The van der Waals surface area contributed by atoms with Crippen LogP contribution in [0.25, 0.3) is 22.3 Å². The fourth-order valence-corrected chi connectivity index (χ4v) is 4.17. The molecule has 4 aromatic rings. The molecule has 2 aromatic carbocycles. The van der Waals surface area contributed by atoms with Gasteiger partial charge in [-0.2, -0.15) is 0 Å². The lowest BCUT2D eigenvalue weighted by molar-refractivity contribution is 0.315. The Morgan fingerprint density at radius 1 is 0.962 bits per heavy atom. The van der Waals surface area contributed by atoms with E-state index in [1.165, 1.54) is 11.1 Å². The van der Waals surface area contributed by atoms with Gasteiger partial charge < -0.3 is 4.98 Å². The topological polar surface area (TPSA) is 41.6 Å². The first-order chi connectivity index (χ1) is 12.8. The number of hydrogen-bond acceptors (Lipinski definition) is 2. The molecule has 4 heteroatoms. The van der Waals surface area contributed by atoms with E-state index in [1.807, 2.05) is 42.6 Å². The molecule has 0 atom stereocenters. The molecule has 0 radical (unpaired) electrons. The van der Waals surface area contributed by atoms with Crippen LogP contribution in [0.4, 0.5) is 4.39 Å². The zero-order chi connectivity index (χ0) is 17.6. The lowest BCUT2D eigenvalue weighted by atomic mass is 9.78. The van der Waals surface area contributed by atoms with Gasteiger partial charge in [-0.15, -0.1) is 0 Å². The lowest BCUT2D eigenvalue weighted by Gasteiger charge is -2.26. The van der Waals surface area contributed by atoms with Gasteiger partial charge in [0, 0.05) is 22.6 Å². The summed E-state index contributed by atoms with van der Waals surface area (Å²) >= 11 is 0. The standard InChI is InChI=1S/C22H18FN3/c23-13-22(11-16-4-1-2-5-17(16)12-22)18-7-3-6-15(10-18)20-19-8-9-24-21(19)26-14-25-20/h1-10,14H,11-13H2,(H,24,25,26). The second kappa shape index (κ2) is 5.77. The molecule has 1 aliphatic rings. The summed E-state index contributed by atoms with van der Waals surface area (Å²) in [5.41, 5.74) is 5.76. The molecular weight excluding hydrogens is 325 g/mol. The van der Waals surface area contributed by atoms with Gasteiger partial charge in [0.25, 0.3) is 0 Å². The summed E-state index contributed by atoms with van der Waals surface area (Å²) in [5, 5.41) is 0.980. The number of benzene rings is 2. The molecule has 26 heavy (non-hydrogen) atoms. The van der Waals surface area contributed by atoms with Crippen molar-refractivity contribution in [2.45, 2.75) is 18.3 Å². The summed E-state index contributed by atoms with van der Waals surface area (Å²) in [6.07, 6.45) is 4.92. The molecule has 1 aliphatic carbocycles. The molecule has 3 nitrogen and oxygen atoms in total. The van der Waals surface area contributed by atoms with Crippen LogP contribution in [0.3, 0.4) is 0 Å². The summed E-state index contributed by atoms with van der Waals surface area (Å²) in [6, 6.07) is 18.5. The van der Waals surface area contributed by atoms with E-state index in [0.717, 1.165) is 40.7 Å². The van der Waals surface area contributed by atoms with Crippen LogP contribution in [0.5, 0.6) is 0 Å². The van der Waals surface area contributed by atoms with Gasteiger partial charge in [0.05, 0.1) is 12.4 Å². The number of aromatic nitrogens is 3. The van der Waals surface area contributed by atoms with Gasteiger partial charge in [0.1, 0.15) is 12.0 Å². The molecule has 0 saturated carbocycles. The molecule has 2 aromatic heterocycles. The number of nitrogens with one attached hydrogen (secondary N) is 1. The number of nitrogens with zero attached hydrogens (tertiary/aromatic N) is 2. The van der Waals surface area contributed by atoms with Crippen molar-refractivity contribution in [2.24, 2.45) is 0 Å². The third-order valence-corrected chi connectivity index (χ3v) is 5.53. The van der Waals surface area contributed by atoms with E-state index < -0.39 is 5.41 Å². The Kier molecular flexibility index (Phi) is 3.38. The van der Waals surface area contributed by atoms with Crippen molar-refractivity contribution in [1.29, 1.82) is 0 Å². The summed E-state index contributed by atoms with van der Waals surface area (Å²) in [5.74, 6) is 0. The summed E-state index contributed by atoms with van der Waals surface area (Å²) in [7, 11) is 0. The van der Waals surface area contributed by atoms with Gasteiger partial charge in [-0.25, -0.2) is 9.97 Å². The summed E-state index contributed by atoms with van der Waals surface area (Å²) in [6.45, 7) is -0.367. The minimum absolute atomic E-state index is 0.367. The van der Waals surface area contributed by atoms with Crippen molar-refractivity contribution < 1.29 is 4.39 Å². The monoisotopic (exact) mass is 343 g/mol. The van der Waals surface area contributed by atoms with E-state index in [2.05, 4.69) is 33.2 Å². The molecule has 0 fully saturated rings. The minimum atomic E-state index is -0.482. The number of halogens is 1. The maximum Gasteiger partial charge on any atom is 0.141 e. The Balaban J connectivity index is 1.61. The van der Waals surface area contributed by atoms with Crippen LogP contribution in [0.1, 0.15) is 16.7 Å². The first kappa shape index (κ1) is 15.3. The van der Waals surface area contributed by atoms with Crippen LogP contribution >= 0.6 is 0 Å². The molecule has 128 valence electrons. The van der Waals surface area contributed by atoms with Crippen LogP contribution in [0, 0.1) is 0 Å². The fraction of sp³-hybridized carbons (Fsp3) is 0.182. The van der Waals surface area contributed by atoms with E-state index in [1.54, 1.807) is 6.33 Å². The number of hydrogen-bond donors (Lipinski definition) is 1. The quantitative estimate of drug-likeness (QED) is 0.589. The maximum absolute atomic E-state index is 14.3.